The average molecular weight is 399 g/mol. The van der Waals surface area contributed by atoms with Crippen molar-refractivity contribution in [3.63, 3.8) is 0 Å². The van der Waals surface area contributed by atoms with Crippen molar-refractivity contribution in [3.05, 3.63) is 66.0 Å². The number of hydrogen-bond donors (Lipinski definition) is 1. The highest BCUT2D eigenvalue weighted by Gasteiger charge is 2.30. The molecule has 7 heteroatoms. The van der Waals surface area contributed by atoms with E-state index in [0.717, 1.165) is 5.56 Å². The van der Waals surface area contributed by atoms with E-state index in [0.29, 0.717) is 31.9 Å². The Balaban J connectivity index is 1.47. The largest absolute Gasteiger partial charge is 0.484 e. The monoisotopic (exact) mass is 399 g/mol. The molecule has 1 heterocycles. The van der Waals surface area contributed by atoms with E-state index in [1.807, 2.05) is 37.3 Å². The van der Waals surface area contributed by atoms with Crippen molar-refractivity contribution in [2.75, 3.05) is 32.8 Å². The average Bonchev–Trinajstić information content (AvgIpc) is 2.77. The lowest BCUT2D eigenvalue weighted by Gasteiger charge is -2.36. The highest BCUT2D eigenvalue weighted by Crippen LogP contribution is 2.21. The van der Waals surface area contributed by atoms with Crippen molar-refractivity contribution in [2.24, 2.45) is 11.7 Å². The Kier molecular flexibility index (Phi) is 6.82. The summed E-state index contributed by atoms with van der Waals surface area (Å²) in [7, 11) is 0. The van der Waals surface area contributed by atoms with Crippen LogP contribution < -0.4 is 10.5 Å². The van der Waals surface area contributed by atoms with Gasteiger partial charge in [0.05, 0.1) is 5.92 Å². The first-order valence-corrected chi connectivity index (χ1v) is 9.71. The highest BCUT2D eigenvalue weighted by atomic mass is 19.1. The van der Waals surface area contributed by atoms with E-state index in [1.165, 1.54) is 24.3 Å². The maximum absolute atomic E-state index is 12.9. The number of benzene rings is 2. The number of amides is 2. The summed E-state index contributed by atoms with van der Waals surface area (Å²) >= 11 is 0. The van der Waals surface area contributed by atoms with Crippen molar-refractivity contribution in [3.8, 4) is 5.75 Å². The van der Waals surface area contributed by atoms with Crippen LogP contribution in [0.1, 0.15) is 18.5 Å². The predicted octanol–water partition coefficient (Wildman–Crippen LogP) is 2.21. The molecule has 154 valence electrons. The predicted molar refractivity (Wildman–Crippen MR) is 108 cm³/mol. The van der Waals surface area contributed by atoms with Gasteiger partial charge in [-0.2, -0.15) is 0 Å². The van der Waals surface area contributed by atoms with Gasteiger partial charge in [0.2, 0.25) is 5.91 Å². The van der Waals surface area contributed by atoms with Crippen molar-refractivity contribution < 1.29 is 18.7 Å². The normalized spacial score (nSPS) is 16.2. The summed E-state index contributed by atoms with van der Waals surface area (Å²) in [5.41, 5.74) is 7.20. The first-order valence-electron chi connectivity index (χ1n) is 9.71. The first-order chi connectivity index (χ1) is 14.0. The Morgan fingerprint density at radius 3 is 2.21 bits per heavy atom. The number of halogens is 1. The van der Waals surface area contributed by atoms with E-state index in [1.54, 1.807) is 9.80 Å². The minimum absolute atomic E-state index is 0.00369. The summed E-state index contributed by atoms with van der Waals surface area (Å²) in [6.07, 6.45) is 0. The van der Waals surface area contributed by atoms with Crippen molar-refractivity contribution in [1.82, 2.24) is 9.80 Å². The lowest BCUT2D eigenvalue weighted by Crippen LogP contribution is -2.53. The molecule has 0 bridgehead atoms. The number of carbonyl (C=O) groups excluding carboxylic acids is 2. The fourth-order valence-electron chi connectivity index (χ4n) is 3.35. The van der Waals surface area contributed by atoms with Crippen LogP contribution in [0.25, 0.3) is 0 Å². The third kappa shape index (κ3) is 5.32. The van der Waals surface area contributed by atoms with E-state index in [4.69, 9.17) is 10.5 Å². The molecule has 0 aromatic heterocycles. The standard InChI is InChI=1S/C22H26FN3O3/c1-16(21(24)17-5-3-2-4-6-17)22(28)26-13-11-25(12-14-26)20(27)15-29-19-9-7-18(23)8-10-19/h2-10,16,21H,11-15,24H2,1H3. The quantitative estimate of drug-likeness (QED) is 0.808. The van der Waals surface area contributed by atoms with Crippen LogP contribution in [0, 0.1) is 11.7 Å². The molecule has 3 rings (SSSR count). The van der Waals surface area contributed by atoms with Crippen LogP contribution in [0.3, 0.4) is 0 Å². The van der Waals surface area contributed by atoms with Crippen LogP contribution in [-0.2, 0) is 9.59 Å². The van der Waals surface area contributed by atoms with Crippen molar-refractivity contribution >= 4 is 11.8 Å². The number of hydrogen-bond acceptors (Lipinski definition) is 4. The zero-order valence-electron chi connectivity index (χ0n) is 16.5. The summed E-state index contributed by atoms with van der Waals surface area (Å²) in [4.78, 5) is 28.6. The van der Waals surface area contributed by atoms with E-state index in [9.17, 15) is 14.0 Å². The molecule has 2 amide bonds. The minimum Gasteiger partial charge on any atom is -0.484 e. The molecule has 2 unspecified atom stereocenters. The molecule has 0 radical (unpaired) electrons. The SMILES string of the molecule is CC(C(=O)N1CCN(C(=O)COc2ccc(F)cc2)CC1)C(N)c1ccccc1. The molecule has 2 N–H and O–H groups in total. The Hall–Kier alpha value is -2.93. The summed E-state index contributed by atoms with van der Waals surface area (Å²) in [6, 6.07) is 14.7. The van der Waals surface area contributed by atoms with Gasteiger partial charge in [0.1, 0.15) is 11.6 Å². The van der Waals surface area contributed by atoms with Gasteiger partial charge in [-0.15, -0.1) is 0 Å². The fourth-order valence-corrected chi connectivity index (χ4v) is 3.35. The van der Waals surface area contributed by atoms with E-state index >= 15 is 0 Å². The van der Waals surface area contributed by atoms with Crippen LogP contribution >= 0.6 is 0 Å². The molecule has 1 aliphatic heterocycles. The van der Waals surface area contributed by atoms with Gasteiger partial charge in [0, 0.05) is 32.2 Å². The molecule has 6 nitrogen and oxygen atoms in total. The maximum atomic E-state index is 12.9. The molecular formula is C22H26FN3O3. The fraction of sp³-hybridized carbons (Fsp3) is 0.364. The van der Waals surface area contributed by atoms with Gasteiger partial charge in [0.25, 0.3) is 5.91 Å². The first kappa shape index (κ1) is 20.8. The molecule has 0 spiro atoms. The van der Waals surface area contributed by atoms with Crippen LogP contribution in [0.5, 0.6) is 5.75 Å². The smallest absolute Gasteiger partial charge is 0.260 e. The van der Waals surface area contributed by atoms with Crippen molar-refractivity contribution in [1.29, 1.82) is 0 Å². The molecule has 1 saturated heterocycles. The van der Waals surface area contributed by atoms with Gasteiger partial charge < -0.3 is 20.3 Å². The molecule has 2 aromatic carbocycles. The maximum Gasteiger partial charge on any atom is 0.260 e. The van der Waals surface area contributed by atoms with Gasteiger partial charge >= 0.3 is 0 Å². The molecule has 2 atom stereocenters. The lowest BCUT2D eigenvalue weighted by atomic mass is 9.94. The molecule has 0 saturated carbocycles. The van der Waals surface area contributed by atoms with Crippen LogP contribution in [0.2, 0.25) is 0 Å². The second kappa shape index (κ2) is 9.52. The summed E-state index contributed by atoms with van der Waals surface area (Å²) in [5.74, 6) is -0.420. The van der Waals surface area contributed by atoms with Crippen LogP contribution in [0.15, 0.2) is 54.6 Å². The molecule has 2 aromatic rings. The number of piperazine rings is 1. The van der Waals surface area contributed by atoms with Gasteiger partial charge in [-0.3, -0.25) is 9.59 Å². The highest BCUT2D eigenvalue weighted by molar-refractivity contribution is 5.81. The van der Waals surface area contributed by atoms with Gasteiger partial charge in [0.15, 0.2) is 6.61 Å². The Bertz CT molecular complexity index is 821. The van der Waals surface area contributed by atoms with Gasteiger partial charge in [-0.05, 0) is 29.8 Å². The molecule has 29 heavy (non-hydrogen) atoms. The number of rotatable bonds is 6. The number of ether oxygens (including phenoxy) is 1. The van der Waals surface area contributed by atoms with E-state index in [2.05, 4.69) is 0 Å². The molecule has 0 aliphatic carbocycles. The minimum atomic E-state index is -0.368. The summed E-state index contributed by atoms with van der Waals surface area (Å²) in [6.45, 7) is 3.55. The number of nitrogens with zero attached hydrogens (tertiary/aromatic N) is 2. The molecule has 1 fully saturated rings. The number of nitrogens with two attached hydrogens (primary N) is 1. The summed E-state index contributed by atoms with van der Waals surface area (Å²) < 4.78 is 18.3. The van der Waals surface area contributed by atoms with Gasteiger partial charge in [-0.25, -0.2) is 4.39 Å². The second-order valence-corrected chi connectivity index (χ2v) is 7.17. The summed E-state index contributed by atoms with van der Waals surface area (Å²) in [5, 5.41) is 0. The zero-order valence-corrected chi connectivity index (χ0v) is 16.5. The third-order valence-electron chi connectivity index (χ3n) is 5.23. The van der Waals surface area contributed by atoms with Gasteiger partial charge in [-0.1, -0.05) is 37.3 Å². The Morgan fingerprint density at radius 1 is 1.00 bits per heavy atom. The van der Waals surface area contributed by atoms with Crippen LogP contribution in [-0.4, -0.2) is 54.4 Å². The van der Waals surface area contributed by atoms with E-state index in [-0.39, 0.29) is 36.2 Å². The van der Waals surface area contributed by atoms with E-state index < -0.39 is 0 Å². The topological polar surface area (TPSA) is 75.9 Å². The third-order valence-corrected chi connectivity index (χ3v) is 5.23. The second-order valence-electron chi connectivity index (χ2n) is 7.17. The number of carbonyl (C=O) groups is 2. The Morgan fingerprint density at radius 2 is 1.59 bits per heavy atom. The molecular weight excluding hydrogens is 373 g/mol. The van der Waals surface area contributed by atoms with Crippen molar-refractivity contribution in [2.45, 2.75) is 13.0 Å². The Labute approximate surface area is 170 Å². The molecule has 1 aliphatic rings. The van der Waals surface area contributed by atoms with Crippen LogP contribution in [0.4, 0.5) is 4.39 Å². The lowest BCUT2D eigenvalue weighted by molar-refractivity contribution is -0.143. The zero-order chi connectivity index (χ0) is 20.8.